The van der Waals surface area contributed by atoms with Crippen LogP contribution < -0.4 is 10.5 Å². The summed E-state index contributed by atoms with van der Waals surface area (Å²) in [4.78, 5) is 0. The average Bonchev–Trinajstić information content (AvgIpc) is 2.74. The van der Waals surface area contributed by atoms with Crippen LogP contribution in [0.4, 0.5) is 0 Å². The number of hydrogen-bond acceptors (Lipinski definition) is 2. The Labute approximate surface area is 111 Å². The van der Waals surface area contributed by atoms with Gasteiger partial charge in [0.2, 0.25) is 0 Å². The molecule has 0 aromatic heterocycles. The van der Waals surface area contributed by atoms with Crippen LogP contribution in [0.2, 0.25) is 0 Å². The van der Waals surface area contributed by atoms with Crippen LogP contribution in [0.5, 0.6) is 5.75 Å². The Morgan fingerprint density at radius 2 is 1.83 bits per heavy atom. The van der Waals surface area contributed by atoms with E-state index in [1.807, 2.05) is 0 Å². The van der Waals surface area contributed by atoms with Crippen LogP contribution in [0, 0.1) is 25.7 Å². The molecule has 1 aromatic carbocycles. The first kappa shape index (κ1) is 13.4. The number of ether oxygens (including phenoxy) is 1. The Morgan fingerprint density at radius 3 is 2.28 bits per heavy atom. The van der Waals surface area contributed by atoms with E-state index in [0.717, 1.165) is 11.7 Å². The quantitative estimate of drug-likeness (QED) is 0.883. The van der Waals surface area contributed by atoms with Crippen LogP contribution in [0.15, 0.2) is 12.1 Å². The highest BCUT2D eigenvalue weighted by Crippen LogP contribution is 2.40. The maximum atomic E-state index is 6.48. The van der Waals surface area contributed by atoms with Gasteiger partial charge in [-0.05, 0) is 48.8 Å². The van der Waals surface area contributed by atoms with E-state index in [2.05, 4.69) is 32.9 Å². The molecule has 3 unspecified atom stereocenters. The Kier molecular flexibility index (Phi) is 3.96. The van der Waals surface area contributed by atoms with Crippen LogP contribution in [-0.2, 0) is 0 Å². The summed E-state index contributed by atoms with van der Waals surface area (Å²) in [6.07, 6.45) is 3.92. The molecule has 1 aliphatic rings. The summed E-state index contributed by atoms with van der Waals surface area (Å²) in [6, 6.07) is 4.56. The Hall–Kier alpha value is -1.02. The summed E-state index contributed by atoms with van der Waals surface area (Å²) in [5, 5.41) is 0. The molecule has 2 N–H and O–H groups in total. The van der Waals surface area contributed by atoms with E-state index in [9.17, 15) is 0 Å². The molecule has 1 fully saturated rings. The third-order valence-electron chi connectivity index (χ3n) is 4.46. The molecule has 2 heteroatoms. The lowest BCUT2D eigenvalue weighted by Gasteiger charge is -2.25. The van der Waals surface area contributed by atoms with Gasteiger partial charge in [-0.3, -0.25) is 0 Å². The van der Waals surface area contributed by atoms with Gasteiger partial charge in [-0.15, -0.1) is 0 Å². The van der Waals surface area contributed by atoms with Crippen molar-refractivity contribution in [1.29, 1.82) is 0 Å². The molecule has 2 rings (SSSR count). The van der Waals surface area contributed by atoms with Gasteiger partial charge in [-0.1, -0.05) is 31.9 Å². The minimum absolute atomic E-state index is 0.172. The molecule has 18 heavy (non-hydrogen) atoms. The number of nitrogens with two attached hydrogens (primary N) is 1. The minimum Gasteiger partial charge on any atom is -0.496 e. The fourth-order valence-corrected chi connectivity index (χ4v) is 3.45. The molecule has 0 heterocycles. The third-order valence-corrected chi connectivity index (χ3v) is 4.46. The molecule has 0 saturated heterocycles. The zero-order valence-corrected chi connectivity index (χ0v) is 12.0. The van der Waals surface area contributed by atoms with Crippen molar-refractivity contribution in [3.63, 3.8) is 0 Å². The van der Waals surface area contributed by atoms with E-state index >= 15 is 0 Å². The number of aryl methyl sites for hydroxylation is 2. The number of rotatable bonds is 3. The van der Waals surface area contributed by atoms with Crippen molar-refractivity contribution in [2.75, 3.05) is 7.11 Å². The highest BCUT2D eigenvalue weighted by atomic mass is 16.5. The zero-order valence-electron chi connectivity index (χ0n) is 12.0. The minimum atomic E-state index is 0.172. The zero-order chi connectivity index (χ0) is 13.3. The third kappa shape index (κ3) is 2.39. The van der Waals surface area contributed by atoms with Crippen molar-refractivity contribution < 1.29 is 4.74 Å². The molecule has 2 nitrogen and oxygen atoms in total. The Morgan fingerprint density at radius 1 is 1.22 bits per heavy atom. The van der Waals surface area contributed by atoms with E-state index < -0.39 is 0 Å². The van der Waals surface area contributed by atoms with Crippen molar-refractivity contribution >= 4 is 0 Å². The predicted octanol–water partition coefficient (Wildman–Crippen LogP) is 3.75. The molecule has 0 spiro atoms. The SMILES string of the molecule is COc1c(C)cc(C(N)C2CCCC2C)cc1C. The molecule has 0 bridgehead atoms. The monoisotopic (exact) mass is 247 g/mol. The van der Waals surface area contributed by atoms with Gasteiger partial charge < -0.3 is 10.5 Å². The molecule has 0 radical (unpaired) electrons. The first-order valence-corrected chi connectivity index (χ1v) is 6.95. The van der Waals surface area contributed by atoms with Gasteiger partial charge in [0.25, 0.3) is 0 Å². The topological polar surface area (TPSA) is 35.2 Å². The fraction of sp³-hybridized carbons (Fsp3) is 0.625. The summed E-state index contributed by atoms with van der Waals surface area (Å²) in [5.41, 5.74) is 10.1. The van der Waals surface area contributed by atoms with Crippen molar-refractivity contribution in [3.8, 4) is 5.75 Å². The first-order valence-electron chi connectivity index (χ1n) is 6.95. The maximum absolute atomic E-state index is 6.48. The second-order valence-corrected chi connectivity index (χ2v) is 5.79. The maximum Gasteiger partial charge on any atom is 0.124 e. The van der Waals surface area contributed by atoms with Gasteiger partial charge in [0.05, 0.1) is 7.11 Å². The van der Waals surface area contributed by atoms with Crippen LogP contribution in [0.25, 0.3) is 0 Å². The van der Waals surface area contributed by atoms with E-state index in [1.54, 1.807) is 7.11 Å². The van der Waals surface area contributed by atoms with Gasteiger partial charge in [-0.2, -0.15) is 0 Å². The van der Waals surface area contributed by atoms with Gasteiger partial charge in [0.1, 0.15) is 5.75 Å². The molecule has 0 aliphatic heterocycles. The highest BCUT2D eigenvalue weighted by molar-refractivity contribution is 5.44. The Bertz CT molecular complexity index is 404. The van der Waals surface area contributed by atoms with Crippen LogP contribution in [0.1, 0.15) is 48.9 Å². The predicted molar refractivity (Wildman–Crippen MR) is 75.9 cm³/mol. The van der Waals surface area contributed by atoms with E-state index in [4.69, 9.17) is 10.5 Å². The fourth-order valence-electron chi connectivity index (χ4n) is 3.45. The largest absolute Gasteiger partial charge is 0.496 e. The van der Waals surface area contributed by atoms with E-state index in [-0.39, 0.29) is 6.04 Å². The van der Waals surface area contributed by atoms with Gasteiger partial charge in [0, 0.05) is 6.04 Å². The Balaban J connectivity index is 2.28. The van der Waals surface area contributed by atoms with Crippen molar-refractivity contribution in [1.82, 2.24) is 0 Å². The van der Waals surface area contributed by atoms with Gasteiger partial charge in [-0.25, -0.2) is 0 Å². The standard InChI is InChI=1S/C16H25NO/c1-10-6-5-7-14(10)15(17)13-8-11(2)16(18-4)12(3)9-13/h8-10,14-15H,5-7,17H2,1-4H3. The highest BCUT2D eigenvalue weighted by Gasteiger charge is 2.29. The molecule has 100 valence electrons. The lowest BCUT2D eigenvalue weighted by molar-refractivity contribution is 0.350. The molecule has 1 aromatic rings. The summed E-state index contributed by atoms with van der Waals surface area (Å²) in [6.45, 7) is 6.53. The molecule has 0 amide bonds. The second-order valence-electron chi connectivity index (χ2n) is 5.79. The number of benzene rings is 1. The molecule has 3 atom stereocenters. The summed E-state index contributed by atoms with van der Waals surface area (Å²) < 4.78 is 5.42. The number of hydrogen-bond donors (Lipinski definition) is 1. The van der Waals surface area contributed by atoms with Crippen molar-refractivity contribution in [2.24, 2.45) is 17.6 Å². The lowest BCUT2D eigenvalue weighted by Crippen LogP contribution is -2.23. The van der Waals surface area contributed by atoms with Gasteiger partial charge >= 0.3 is 0 Å². The smallest absolute Gasteiger partial charge is 0.124 e. The molecule has 1 saturated carbocycles. The first-order chi connectivity index (χ1) is 8.54. The molecular weight excluding hydrogens is 222 g/mol. The lowest BCUT2D eigenvalue weighted by atomic mass is 9.85. The van der Waals surface area contributed by atoms with Crippen molar-refractivity contribution in [3.05, 3.63) is 28.8 Å². The summed E-state index contributed by atoms with van der Waals surface area (Å²) >= 11 is 0. The van der Waals surface area contributed by atoms with E-state index in [0.29, 0.717) is 5.92 Å². The van der Waals surface area contributed by atoms with Crippen LogP contribution in [-0.4, -0.2) is 7.11 Å². The molecule has 1 aliphatic carbocycles. The molecular formula is C16H25NO. The summed E-state index contributed by atoms with van der Waals surface area (Å²) in [7, 11) is 1.73. The van der Waals surface area contributed by atoms with E-state index in [1.165, 1.54) is 36.0 Å². The normalized spacial score (nSPS) is 25.2. The average molecular weight is 247 g/mol. The summed E-state index contributed by atoms with van der Waals surface area (Å²) in [5.74, 6) is 2.38. The number of methoxy groups -OCH3 is 1. The van der Waals surface area contributed by atoms with Crippen LogP contribution >= 0.6 is 0 Å². The van der Waals surface area contributed by atoms with Crippen LogP contribution in [0.3, 0.4) is 0 Å². The van der Waals surface area contributed by atoms with Crippen molar-refractivity contribution in [2.45, 2.75) is 46.1 Å². The second kappa shape index (κ2) is 5.31. The van der Waals surface area contributed by atoms with Gasteiger partial charge in [0.15, 0.2) is 0 Å².